The van der Waals surface area contributed by atoms with Crippen LogP contribution in [0.5, 0.6) is 0 Å². The number of rotatable bonds is 6. The van der Waals surface area contributed by atoms with E-state index in [0.717, 1.165) is 32.2 Å². The molecule has 0 bridgehead atoms. The highest BCUT2D eigenvalue weighted by Crippen LogP contribution is 2.31. The van der Waals surface area contributed by atoms with Crippen molar-refractivity contribution in [1.82, 2.24) is 10.2 Å². The molecule has 22 heavy (non-hydrogen) atoms. The second-order valence-corrected chi connectivity index (χ2v) is 6.18. The van der Waals surface area contributed by atoms with Crippen molar-refractivity contribution < 1.29 is 9.90 Å². The number of aliphatic hydroxyl groups excluding tert-OH is 1. The number of hydrogen-bond donors (Lipinski definition) is 2. The Bertz CT molecular complexity index is 471. The van der Waals surface area contributed by atoms with Gasteiger partial charge in [0.05, 0.1) is 12.6 Å². The van der Waals surface area contributed by atoms with E-state index in [1.165, 1.54) is 5.56 Å². The minimum atomic E-state index is -0.0428. The maximum Gasteiger partial charge on any atom is 0.317 e. The lowest BCUT2D eigenvalue weighted by Crippen LogP contribution is -2.48. The van der Waals surface area contributed by atoms with Crippen LogP contribution in [-0.4, -0.2) is 41.8 Å². The molecule has 0 spiro atoms. The molecule has 0 unspecified atom stereocenters. The van der Waals surface area contributed by atoms with Crippen molar-refractivity contribution in [2.75, 3.05) is 19.7 Å². The molecule has 2 amide bonds. The van der Waals surface area contributed by atoms with Gasteiger partial charge in [0.1, 0.15) is 0 Å². The van der Waals surface area contributed by atoms with E-state index in [1.54, 1.807) is 4.90 Å². The summed E-state index contributed by atoms with van der Waals surface area (Å²) in [6.45, 7) is 5.79. The van der Waals surface area contributed by atoms with Crippen LogP contribution in [0.4, 0.5) is 4.79 Å². The van der Waals surface area contributed by atoms with Gasteiger partial charge in [-0.15, -0.1) is 0 Å². The summed E-state index contributed by atoms with van der Waals surface area (Å²) in [4.78, 5) is 14.2. The molecule has 0 aromatic heterocycles. The van der Waals surface area contributed by atoms with E-state index in [2.05, 4.69) is 43.4 Å². The van der Waals surface area contributed by atoms with Gasteiger partial charge in [-0.2, -0.15) is 0 Å². The lowest BCUT2D eigenvalue weighted by Gasteiger charge is -2.34. The van der Waals surface area contributed by atoms with E-state index in [9.17, 15) is 9.90 Å². The lowest BCUT2D eigenvalue weighted by atomic mass is 9.76. The molecule has 2 N–H and O–H groups in total. The number of hydrogen-bond acceptors (Lipinski definition) is 2. The number of nitrogens with one attached hydrogen (secondary N) is 1. The fourth-order valence-corrected chi connectivity index (χ4v) is 3.44. The molecule has 1 aliphatic rings. The van der Waals surface area contributed by atoms with E-state index >= 15 is 0 Å². The van der Waals surface area contributed by atoms with Crippen molar-refractivity contribution in [2.24, 2.45) is 0 Å². The van der Waals surface area contributed by atoms with E-state index in [-0.39, 0.29) is 24.1 Å². The molecule has 4 nitrogen and oxygen atoms in total. The Morgan fingerprint density at radius 3 is 2.59 bits per heavy atom. The third-order valence-electron chi connectivity index (χ3n) is 5.17. The zero-order valence-corrected chi connectivity index (χ0v) is 13.7. The minimum absolute atomic E-state index is 0.0191. The molecule has 1 aromatic carbocycles. The Kier molecular flexibility index (Phi) is 5.83. The maximum atomic E-state index is 12.4. The van der Waals surface area contributed by atoms with E-state index in [1.807, 2.05) is 6.07 Å². The Morgan fingerprint density at radius 2 is 2.00 bits per heavy atom. The first-order valence-corrected chi connectivity index (χ1v) is 8.37. The van der Waals surface area contributed by atoms with E-state index < -0.39 is 0 Å². The fraction of sp³-hybridized carbons (Fsp3) is 0.611. The number of aliphatic hydroxyl groups is 1. The Hall–Kier alpha value is -1.55. The lowest BCUT2D eigenvalue weighted by molar-refractivity contribution is 0.155. The summed E-state index contributed by atoms with van der Waals surface area (Å²) >= 11 is 0. The smallest absolute Gasteiger partial charge is 0.317 e. The normalized spacial score (nSPS) is 18.5. The molecule has 122 valence electrons. The van der Waals surface area contributed by atoms with Crippen LogP contribution in [0.15, 0.2) is 30.3 Å². The first-order valence-electron chi connectivity index (χ1n) is 8.37. The highest BCUT2D eigenvalue weighted by molar-refractivity contribution is 5.75. The summed E-state index contributed by atoms with van der Waals surface area (Å²) < 4.78 is 0. The van der Waals surface area contributed by atoms with Crippen molar-refractivity contribution in [2.45, 2.75) is 51.0 Å². The molecule has 1 fully saturated rings. The van der Waals surface area contributed by atoms with Crippen molar-refractivity contribution in [1.29, 1.82) is 0 Å². The Labute approximate surface area is 133 Å². The van der Waals surface area contributed by atoms with E-state index in [0.29, 0.717) is 6.54 Å². The number of amides is 2. The van der Waals surface area contributed by atoms with Crippen molar-refractivity contribution >= 4 is 6.03 Å². The number of nitrogens with zero attached hydrogens (tertiary/aromatic N) is 1. The molecule has 1 aliphatic heterocycles. The predicted octanol–water partition coefficient (Wildman–Crippen LogP) is 2.91. The summed E-state index contributed by atoms with van der Waals surface area (Å²) in [6.07, 6.45) is 3.84. The summed E-state index contributed by atoms with van der Waals surface area (Å²) in [5, 5.41) is 12.5. The first kappa shape index (κ1) is 16.8. The van der Waals surface area contributed by atoms with Crippen LogP contribution in [0.25, 0.3) is 0 Å². The van der Waals surface area contributed by atoms with Gasteiger partial charge < -0.3 is 15.3 Å². The number of carbonyl (C=O) groups is 1. The zero-order valence-electron chi connectivity index (χ0n) is 13.7. The largest absolute Gasteiger partial charge is 0.394 e. The quantitative estimate of drug-likeness (QED) is 0.849. The third-order valence-corrected chi connectivity index (χ3v) is 5.17. The van der Waals surface area contributed by atoms with Crippen molar-refractivity contribution in [3.63, 3.8) is 0 Å². The summed E-state index contributed by atoms with van der Waals surface area (Å²) in [7, 11) is 0. The average Bonchev–Trinajstić information content (AvgIpc) is 3.06. The molecular weight excluding hydrogens is 276 g/mol. The second kappa shape index (κ2) is 7.63. The first-order chi connectivity index (χ1) is 10.7. The minimum Gasteiger partial charge on any atom is -0.394 e. The SMILES string of the molecule is CCC(CC)(CNC(=O)N1CCC[C@H]1CO)c1ccccc1. The monoisotopic (exact) mass is 304 g/mol. The van der Waals surface area contributed by atoms with Crippen LogP contribution >= 0.6 is 0 Å². The van der Waals surface area contributed by atoms with Crippen LogP contribution in [0.3, 0.4) is 0 Å². The van der Waals surface area contributed by atoms with Gasteiger partial charge in [0.2, 0.25) is 0 Å². The van der Waals surface area contributed by atoms with Gasteiger partial charge in [-0.3, -0.25) is 0 Å². The predicted molar refractivity (Wildman–Crippen MR) is 88.9 cm³/mol. The van der Waals surface area contributed by atoms with Gasteiger partial charge in [-0.1, -0.05) is 44.2 Å². The molecular formula is C18H28N2O2. The number of likely N-dealkylation sites (tertiary alicyclic amines) is 1. The van der Waals surface area contributed by atoms with Gasteiger partial charge in [-0.25, -0.2) is 4.79 Å². The van der Waals surface area contributed by atoms with Crippen LogP contribution in [0.1, 0.15) is 45.1 Å². The van der Waals surface area contributed by atoms with Crippen LogP contribution in [-0.2, 0) is 5.41 Å². The van der Waals surface area contributed by atoms with Crippen LogP contribution in [0.2, 0.25) is 0 Å². The second-order valence-electron chi connectivity index (χ2n) is 6.18. The third kappa shape index (κ3) is 3.43. The number of carbonyl (C=O) groups excluding carboxylic acids is 1. The maximum absolute atomic E-state index is 12.4. The van der Waals surface area contributed by atoms with Gasteiger partial charge >= 0.3 is 6.03 Å². The molecule has 1 heterocycles. The highest BCUT2D eigenvalue weighted by Gasteiger charge is 2.32. The standard InChI is InChI=1S/C18H28N2O2/c1-3-18(4-2,15-9-6-5-7-10-15)14-19-17(22)20-12-8-11-16(20)13-21/h5-7,9-10,16,21H,3-4,8,11-14H2,1-2H3,(H,19,22)/t16-/m0/s1. The summed E-state index contributed by atoms with van der Waals surface area (Å²) in [5.41, 5.74) is 1.26. The summed E-state index contributed by atoms with van der Waals surface area (Å²) in [5.74, 6) is 0. The Balaban J connectivity index is 2.05. The van der Waals surface area contributed by atoms with Crippen LogP contribution in [0, 0.1) is 0 Å². The van der Waals surface area contributed by atoms with Gasteiger partial charge in [0, 0.05) is 18.5 Å². The van der Waals surface area contributed by atoms with Crippen molar-refractivity contribution in [3.8, 4) is 0 Å². The highest BCUT2D eigenvalue weighted by atomic mass is 16.3. The fourth-order valence-electron chi connectivity index (χ4n) is 3.44. The molecule has 0 radical (unpaired) electrons. The van der Waals surface area contributed by atoms with Gasteiger partial charge in [0.25, 0.3) is 0 Å². The van der Waals surface area contributed by atoms with E-state index in [4.69, 9.17) is 0 Å². The molecule has 2 rings (SSSR count). The van der Waals surface area contributed by atoms with Gasteiger partial charge in [0.15, 0.2) is 0 Å². The molecule has 4 heteroatoms. The molecule has 0 aliphatic carbocycles. The number of urea groups is 1. The number of benzene rings is 1. The zero-order chi connectivity index (χ0) is 16.0. The topological polar surface area (TPSA) is 52.6 Å². The molecule has 1 aromatic rings. The molecule has 0 saturated carbocycles. The van der Waals surface area contributed by atoms with Crippen molar-refractivity contribution in [3.05, 3.63) is 35.9 Å². The van der Waals surface area contributed by atoms with Crippen LogP contribution < -0.4 is 5.32 Å². The average molecular weight is 304 g/mol. The molecule has 1 saturated heterocycles. The Morgan fingerprint density at radius 1 is 1.32 bits per heavy atom. The van der Waals surface area contributed by atoms with Gasteiger partial charge in [-0.05, 0) is 31.2 Å². The summed E-state index contributed by atoms with van der Waals surface area (Å²) in [6, 6.07) is 10.4. The molecule has 1 atom stereocenters.